The Morgan fingerprint density at radius 3 is 1.71 bits per heavy atom. The third-order valence-electron chi connectivity index (χ3n) is 3.00. The molecule has 0 rings (SSSR count). The Bertz CT molecular complexity index is 242. The Morgan fingerprint density at radius 1 is 1.12 bits per heavy atom. The van der Waals surface area contributed by atoms with Gasteiger partial charge in [-0.15, -0.1) is 0 Å². The molecule has 0 aromatic carbocycles. The van der Waals surface area contributed by atoms with E-state index in [9.17, 15) is 9.59 Å². The Morgan fingerprint density at radius 2 is 1.47 bits per heavy atom. The first-order chi connectivity index (χ1) is 7.36. The van der Waals surface area contributed by atoms with Crippen molar-refractivity contribution in [3.63, 3.8) is 0 Å². The van der Waals surface area contributed by atoms with Gasteiger partial charge in [-0.1, -0.05) is 33.6 Å². The molecular weight excluding hydrogens is 248 g/mol. The summed E-state index contributed by atoms with van der Waals surface area (Å²) in [6.07, 6.45) is 3.86. The van der Waals surface area contributed by atoms with Crippen molar-refractivity contribution in [2.45, 2.75) is 52.9 Å². The summed E-state index contributed by atoms with van der Waals surface area (Å²) in [5.74, 6) is -3.74. The number of hydrogen-bond donors (Lipinski definition) is 2. The van der Waals surface area contributed by atoms with E-state index in [4.69, 9.17) is 10.2 Å². The minimum absolute atomic E-state index is 0. The van der Waals surface area contributed by atoms with Gasteiger partial charge >= 0.3 is 49.7 Å². The first-order valence-electron chi connectivity index (χ1n) is 5.82. The minimum atomic E-state index is -1.27. The average Bonchev–Trinajstić information content (AvgIpc) is 2.14. The molecule has 0 saturated carbocycles. The van der Waals surface area contributed by atoms with E-state index in [0.29, 0.717) is 0 Å². The molecule has 0 fully saturated rings. The van der Waals surface area contributed by atoms with Gasteiger partial charge in [-0.05, 0) is 24.7 Å². The van der Waals surface area contributed by atoms with Gasteiger partial charge in [-0.2, -0.15) is 0 Å². The molecule has 0 amide bonds. The minimum Gasteiger partial charge on any atom is -1.00 e. The van der Waals surface area contributed by atoms with Crippen LogP contribution in [0.15, 0.2) is 0 Å². The van der Waals surface area contributed by atoms with Crippen LogP contribution in [0.5, 0.6) is 0 Å². The van der Waals surface area contributed by atoms with Crippen molar-refractivity contribution < 1.29 is 22.7 Å². The van der Waals surface area contributed by atoms with Crippen LogP contribution < -0.4 is 0 Å². The number of rotatable bonds is 8. The number of carbonyl (C=O) groups is 2. The van der Waals surface area contributed by atoms with E-state index in [0.717, 1.165) is 25.7 Å². The zero-order chi connectivity index (χ0) is 12.8. The third kappa shape index (κ3) is 7.27. The van der Waals surface area contributed by atoms with Crippen LogP contribution in [-0.2, 0) is 9.59 Å². The zero-order valence-corrected chi connectivity index (χ0v) is 13.2. The van der Waals surface area contributed by atoms with E-state index in [1.54, 1.807) is 0 Å². The Labute approximate surface area is 136 Å². The van der Waals surface area contributed by atoms with E-state index < -0.39 is 17.9 Å². The normalized spacial score (nSPS) is 11.1. The molecule has 0 aliphatic heterocycles. The fourth-order valence-electron chi connectivity index (χ4n) is 2.31. The largest absolute Gasteiger partial charge is 2.00 e. The Hall–Kier alpha value is 0.200. The molecule has 0 aliphatic rings. The second-order valence-electron chi connectivity index (χ2n) is 4.74. The van der Waals surface area contributed by atoms with Crippen LogP contribution in [0.4, 0.5) is 0 Å². The maximum Gasteiger partial charge on any atom is 2.00 e. The fourth-order valence-corrected chi connectivity index (χ4v) is 2.31. The van der Waals surface area contributed by atoms with E-state index in [-0.39, 0.29) is 52.4 Å². The third-order valence-corrected chi connectivity index (χ3v) is 3.00. The molecule has 0 spiro atoms. The van der Waals surface area contributed by atoms with Crippen molar-refractivity contribution in [3.8, 4) is 0 Å². The molecule has 0 radical (unpaired) electrons. The van der Waals surface area contributed by atoms with Crippen LogP contribution in [0, 0.1) is 11.3 Å². The second-order valence-corrected chi connectivity index (χ2v) is 4.74. The van der Waals surface area contributed by atoms with Gasteiger partial charge < -0.3 is 13.1 Å². The van der Waals surface area contributed by atoms with Crippen molar-refractivity contribution in [2.75, 3.05) is 0 Å². The molecule has 0 atom stereocenters. The van der Waals surface area contributed by atoms with E-state index in [1.807, 2.05) is 20.8 Å². The molecule has 0 aromatic rings. The van der Waals surface area contributed by atoms with Gasteiger partial charge in [0.15, 0.2) is 5.92 Å². The number of aliphatic carboxylic acids is 2. The quantitative estimate of drug-likeness (QED) is 0.526. The van der Waals surface area contributed by atoms with Gasteiger partial charge in [-0.25, -0.2) is 0 Å². The van der Waals surface area contributed by atoms with Crippen molar-refractivity contribution in [2.24, 2.45) is 11.3 Å². The molecule has 2 N–H and O–H groups in total. The summed E-state index contributed by atoms with van der Waals surface area (Å²) < 4.78 is 0. The van der Waals surface area contributed by atoms with Crippen LogP contribution in [0.2, 0.25) is 0 Å². The van der Waals surface area contributed by atoms with Crippen molar-refractivity contribution in [3.05, 3.63) is 0 Å². The van der Waals surface area contributed by atoms with Crippen LogP contribution in [0.1, 0.15) is 55.7 Å². The molecule has 5 heteroatoms. The molecule has 0 unspecified atom stereocenters. The van der Waals surface area contributed by atoms with Gasteiger partial charge in [0, 0.05) is 0 Å². The maximum absolute atomic E-state index is 10.8. The second kappa shape index (κ2) is 9.17. The van der Waals surface area contributed by atoms with Crippen LogP contribution in [0.25, 0.3) is 0 Å². The standard InChI is InChI=1S/C12H22O4.Ca.2H/c1-4-6-12(3,7-5-2)8-9(10(13)14)11(15)16;;;/h9H,4-8H2,1-3H3,(H,13,14)(H,15,16);;;/q;+2;2*-1. The summed E-state index contributed by atoms with van der Waals surface area (Å²) in [4.78, 5) is 21.7. The van der Waals surface area contributed by atoms with Crippen LogP contribution in [0.3, 0.4) is 0 Å². The van der Waals surface area contributed by atoms with E-state index in [2.05, 4.69) is 0 Å². The van der Waals surface area contributed by atoms with Crippen molar-refractivity contribution in [1.82, 2.24) is 0 Å². The fraction of sp³-hybridized carbons (Fsp3) is 0.833. The van der Waals surface area contributed by atoms with Crippen molar-refractivity contribution >= 4 is 49.7 Å². The first-order valence-corrected chi connectivity index (χ1v) is 5.82. The average molecular weight is 272 g/mol. The molecular formula is C12H24CaO4. The summed E-state index contributed by atoms with van der Waals surface area (Å²) >= 11 is 0. The molecule has 0 heterocycles. The summed E-state index contributed by atoms with van der Waals surface area (Å²) in [5, 5.41) is 17.7. The predicted octanol–water partition coefficient (Wildman–Crippen LogP) is 2.61. The number of hydrogen-bond acceptors (Lipinski definition) is 2. The molecule has 0 aliphatic carbocycles. The van der Waals surface area contributed by atoms with Gasteiger partial charge in [0.1, 0.15) is 0 Å². The molecule has 0 saturated heterocycles. The van der Waals surface area contributed by atoms with Gasteiger partial charge in [-0.3, -0.25) is 9.59 Å². The van der Waals surface area contributed by atoms with Crippen LogP contribution >= 0.6 is 0 Å². The molecule has 98 valence electrons. The smallest absolute Gasteiger partial charge is 1.00 e. The summed E-state index contributed by atoms with van der Waals surface area (Å²) in [7, 11) is 0. The molecule has 0 aromatic heterocycles. The zero-order valence-electron chi connectivity index (χ0n) is 13.0. The Balaban J connectivity index is -0.000000375. The van der Waals surface area contributed by atoms with Crippen molar-refractivity contribution in [1.29, 1.82) is 0 Å². The van der Waals surface area contributed by atoms with Gasteiger partial charge in [0.05, 0.1) is 0 Å². The van der Waals surface area contributed by atoms with E-state index in [1.165, 1.54) is 0 Å². The maximum atomic E-state index is 10.8. The van der Waals surface area contributed by atoms with Crippen LogP contribution in [-0.4, -0.2) is 59.9 Å². The summed E-state index contributed by atoms with van der Waals surface area (Å²) in [6.45, 7) is 6.05. The summed E-state index contributed by atoms with van der Waals surface area (Å²) in [6, 6.07) is 0. The topological polar surface area (TPSA) is 74.6 Å². The Kier molecular flexibility index (Phi) is 10.5. The van der Waals surface area contributed by atoms with E-state index >= 15 is 0 Å². The molecule has 4 nitrogen and oxygen atoms in total. The number of carboxylic acid groups (broad SMARTS) is 2. The number of carboxylic acids is 2. The molecule has 17 heavy (non-hydrogen) atoms. The first kappa shape index (κ1) is 19.5. The molecule has 0 bridgehead atoms. The predicted molar refractivity (Wildman–Crippen MR) is 69.3 cm³/mol. The van der Waals surface area contributed by atoms with Gasteiger partial charge in [0.25, 0.3) is 0 Å². The monoisotopic (exact) mass is 272 g/mol. The SMILES string of the molecule is CCCC(C)(CCC)CC(C(=O)O)C(=O)O.[Ca+2].[H-].[H-]. The van der Waals surface area contributed by atoms with Gasteiger partial charge in [0.2, 0.25) is 0 Å². The summed E-state index contributed by atoms with van der Waals surface area (Å²) in [5.41, 5.74) is -0.176.